The van der Waals surface area contributed by atoms with Crippen molar-refractivity contribution in [3.63, 3.8) is 0 Å². The molecule has 2 atom stereocenters. The summed E-state index contributed by atoms with van der Waals surface area (Å²) in [6, 6.07) is 1.35. The summed E-state index contributed by atoms with van der Waals surface area (Å²) in [5.74, 6) is 0.718. The first-order valence-corrected chi connectivity index (χ1v) is 6.10. The first kappa shape index (κ1) is 12.9. The van der Waals surface area contributed by atoms with Gasteiger partial charge in [-0.3, -0.25) is 0 Å². The molecule has 0 aromatic heterocycles. The van der Waals surface area contributed by atoms with E-state index in [2.05, 4.69) is 50.1 Å². The van der Waals surface area contributed by atoms with Gasteiger partial charge in [0.05, 0.1) is 0 Å². The van der Waals surface area contributed by atoms with E-state index in [-0.39, 0.29) is 0 Å². The zero-order valence-corrected chi connectivity index (χ0v) is 11.0. The molecule has 0 spiro atoms. The second kappa shape index (κ2) is 5.83. The van der Waals surface area contributed by atoms with Gasteiger partial charge in [-0.25, -0.2) is 0 Å². The topological polar surface area (TPSA) is 18.5 Å². The van der Waals surface area contributed by atoms with Gasteiger partial charge in [0.15, 0.2) is 0 Å². The van der Waals surface area contributed by atoms with Gasteiger partial charge in [0.25, 0.3) is 0 Å². The molecule has 0 amide bonds. The van der Waals surface area contributed by atoms with Crippen molar-refractivity contribution in [2.45, 2.75) is 32.4 Å². The Morgan fingerprint density at radius 2 is 1.93 bits per heavy atom. The van der Waals surface area contributed by atoms with Gasteiger partial charge in [-0.05, 0) is 33.5 Å². The van der Waals surface area contributed by atoms with Crippen LogP contribution in [-0.2, 0) is 0 Å². The van der Waals surface area contributed by atoms with Crippen LogP contribution < -0.4 is 5.32 Å². The quantitative estimate of drug-likeness (QED) is 0.747. The van der Waals surface area contributed by atoms with E-state index in [9.17, 15) is 0 Å². The van der Waals surface area contributed by atoms with Gasteiger partial charge in [-0.1, -0.05) is 13.8 Å². The monoisotopic (exact) mass is 213 g/mol. The molecule has 2 unspecified atom stereocenters. The number of nitrogens with zero attached hydrogens (tertiary/aromatic N) is 2. The molecule has 1 heterocycles. The molecule has 0 aliphatic carbocycles. The Labute approximate surface area is 94.8 Å². The van der Waals surface area contributed by atoms with Crippen LogP contribution in [0.4, 0.5) is 0 Å². The summed E-state index contributed by atoms with van der Waals surface area (Å²) in [6.07, 6.45) is 1.26. The summed E-state index contributed by atoms with van der Waals surface area (Å²) < 4.78 is 0. The normalized spacial score (nSPS) is 27.2. The van der Waals surface area contributed by atoms with Gasteiger partial charge >= 0.3 is 0 Å². The van der Waals surface area contributed by atoms with Crippen molar-refractivity contribution in [3.05, 3.63) is 0 Å². The van der Waals surface area contributed by atoms with Crippen molar-refractivity contribution in [1.29, 1.82) is 0 Å². The van der Waals surface area contributed by atoms with E-state index in [1.165, 1.54) is 26.1 Å². The number of piperazine rings is 1. The second-order valence-electron chi connectivity index (χ2n) is 5.27. The highest BCUT2D eigenvalue weighted by Gasteiger charge is 2.25. The van der Waals surface area contributed by atoms with Crippen molar-refractivity contribution in [1.82, 2.24) is 15.1 Å². The molecule has 3 nitrogen and oxygen atoms in total. The fourth-order valence-corrected chi connectivity index (χ4v) is 2.37. The summed E-state index contributed by atoms with van der Waals surface area (Å²) in [4.78, 5) is 4.95. The first-order valence-electron chi connectivity index (χ1n) is 6.10. The van der Waals surface area contributed by atoms with Crippen molar-refractivity contribution in [2.75, 3.05) is 40.8 Å². The third-order valence-corrected chi connectivity index (χ3v) is 3.68. The molecule has 90 valence electrons. The lowest BCUT2D eigenvalue weighted by molar-refractivity contribution is 0.0972. The molecule has 3 heteroatoms. The molecule has 1 saturated heterocycles. The van der Waals surface area contributed by atoms with E-state index in [0.717, 1.165) is 5.92 Å². The lowest BCUT2D eigenvalue weighted by Gasteiger charge is -2.40. The van der Waals surface area contributed by atoms with Gasteiger partial charge in [-0.15, -0.1) is 0 Å². The molecule has 0 bridgehead atoms. The van der Waals surface area contributed by atoms with Crippen LogP contribution in [0.2, 0.25) is 0 Å². The molecule has 1 rings (SSSR count). The lowest BCUT2D eigenvalue weighted by Crippen LogP contribution is -2.52. The summed E-state index contributed by atoms with van der Waals surface area (Å²) in [7, 11) is 6.56. The van der Waals surface area contributed by atoms with E-state index in [1.54, 1.807) is 0 Å². The van der Waals surface area contributed by atoms with Crippen molar-refractivity contribution < 1.29 is 0 Å². The largest absolute Gasteiger partial charge is 0.317 e. The van der Waals surface area contributed by atoms with E-state index < -0.39 is 0 Å². The van der Waals surface area contributed by atoms with Crippen molar-refractivity contribution in [2.24, 2.45) is 5.92 Å². The SMILES string of the molecule is CNC(CC1CN(C)CCN1C)C(C)C. The third kappa shape index (κ3) is 3.74. The van der Waals surface area contributed by atoms with E-state index >= 15 is 0 Å². The zero-order chi connectivity index (χ0) is 11.4. The Morgan fingerprint density at radius 3 is 2.47 bits per heavy atom. The molecule has 0 aromatic rings. The minimum Gasteiger partial charge on any atom is -0.317 e. The average molecular weight is 213 g/mol. The number of nitrogens with one attached hydrogen (secondary N) is 1. The predicted molar refractivity (Wildman–Crippen MR) is 66.2 cm³/mol. The van der Waals surface area contributed by atoms with Crippen LogP contribution in [0.15, 0.2) is 0 Å². The third-order valence-electron chi connectivity index (χ3n) is 3.68. The maximum atomic E-state index is 3.44. The number of hydrogen-bond acceptors (Lipinski definition) is 3. The highest BCUT2D eigenvalue weighted by Crippen LogP contribution is 2.15. The van der Waals surface area contributed by atoms with Crippen LogP contribution >= 0.6 is 0 Å². The predicted octanol–water partition coefficient (Wildman–Crippen LogP) is 0.866. The van der Waals surface area contributed by atoms with Gasteiger partial charge in [0.1, 0.15) is 0 Å². The number of hydrogen-bond donors (Lipinski definition) is 1. The van der Waals surface area contributed by atoms with Crippen LogP contribution in [0, 0.1) is 5.92 Å². The Bertz CT molecular complexity index is 182. The van der Waals surface area contributed by atoms with Crippen LogP contribution in [0.5, 0.6) is 0 Å². The molecule has 0 saturated carbocycles. The molecular formula is C12H27N3. The Balaban J connectivity index is 2.47. The number of likely N-dealkylation sites (N-methyl/N-ethyl adjacent to an activating group) is 2. The zero-order valence-electron chi connectivity index (χ0n) is 11.0. The number of rotatable bonds is 4. The van der Waals surface area contributed by atoms with E-state index in [0.29, 0.717) is 12.1 Å². The Kier molecular flexibility index (Phi) is 5.03. The van der Waals surface area contributed by atoms with E-state index in [4.69, 9.17) is 0 Å². The van der Waals surface area contributed by atoms with E-state index in [1.807, 2.05) is 0 Å². The Morgan fingerprint density at radius 1 is 1.27 bits per heavy atom. The van der Waals surface area contributed by atoms with Crippen molar-refractivity contribution >= 4 is 0 Å². The molecule has 1 aliphatic heterocycles. The summed E-state index contributed by atoms with van der Waals surface area (Å²) >= 11 is 0. The molecule has 1 aliphatic rings. The lowest BCUT2D eigenvalue weighted by atomic mass is 9.95. The average Bonchev–Trinajstić information content (AvgIpc) is 2.18. The first-order chi connectivity index (χ1) is 7.04. The molecule has 1 N–H and O–H groups in total. The molecule has 15 heavy (non-hydrogen) atoms. The molecule has 0 aromatic carbocycles. The fourth-order valence-electron chi connectivity index (χ4n) is 2.37. The molecular weight excluding hydrogens is 186 g/mol. The van der Waals surface area contributed by atoms with Gasteiger partial charge in [0, 0.05) is 31.7 Å². The maximum absolute atomic E-state index is 3.44. The van der Waals surface area contributed by atoms with Crippen LogP contribution in [-0.4, -0.2) is 62.7 Å². The van der Waals surface area contributed by atoms with Crippen LogP contribution in [0.1, 0.15) is 20.3 Å². The Hall–Kier alpha value is -0.120. The summed E-state index contributed by atoms with van der Waals surface area (Å²) in [5, 5.41) is 3.44. The van der Waals surface area contributed by atoms with Gasteiger partial charge in [-0.2, -0.15) is 0 Å². The standard InChI is InChI=1S/C12H27N3/c1-10(2)12(13-3)8-11-9-14(4)6-7-15(11)5/h10-13H,6-9H2,1-5H3. The van der Waals surface area contributed by atoms with Crippen molar-refractivity contribution in [3.8, 4) is 0 Å². The summed E-state index contributed by atoms with van der Waals surface area (Å²) in [5.41, 5.74) is 0. The van der Waals surface area contributed by atoms with Crippen LogP contribution in [0.3, 0.4) is 0 Å². The molecule has 0 radical (unpaired) electrons. The highest BCUT2D eigenvalue weighted by molar-refractivity contribution is 4.83. The molecule has 1 fully saturated rings. The summed E-state index contributed by atoms with van der Waals surface area (Å²) in [6.45, 7) is 8.22. The van der Waals surface area contributed by atoms with Gasteiger partial charge < -0.3 is 15.1 Å². The van der Waals surface area contributed by atoms with Crippen LogP contribution in [0.25, 0.3) is 0 Å². The second-order valence-corrected chi connectivity index (χ2v) is 5.27. The minimum atomic E-state index is 0.643. The minimum absolute atomic E-state index is 0.643. The van der Waals surface area contributed by atoms with Gasteiger partial charge in [0.2, 0.25) is 0 Å². The smallest absolute Gasteiger partial charge is 0.0235 e. The fraction of sp³-hybridized carbons (Fsp3) is 1.00. The maximum Gasteiger partial charge on any atom is 0.0235 e. The highest BCUT2D eigenvalue weighted by atomic mass is 15.3.